The van der Waals surface area contributed by atoms with Gasteiger partial charge in [0.2, 0.25) is 0 Å². The first-order valence-electron chi connectivity index (χ1n) is 20.3. The lowest BCUT2D eigenvalue weighted by Gasteiger charge is -2.15. The number of esters is 2. The lowest BCUT2D eigenvalue weighted by Crippen LogP contribution is -2.28. The molecule has 0 amide bonds. The van der Waals surface area contributed by atoms with E-state index in [0.29, 0.717) is 12.8 Å². The van der Waals surface area contributed by atoms with Crippen LogP contribution in [0.5, 0.6) is 0 Å². The molecule has 0 fully saturated rings. The Kier molecular flexibility index (Phi) is 34.4. The van der Waals surface area contributed by atoms with Gasteiger partial charge in [-0.25, -0.2) is 0 Å². The second-order valence-corrected chi connectivity index (χ2v) is 14.8. The van der Waals surface area contributed by atoms with E-state index in [1.807, 2.05) is 0 Å². The van der Waals surface area contributed by atoms with E-state index in [1.165, 1.54) is 148 Å². The van der Waals surface area contributed by atoms with Crippen molar-refractivity contribution in [2.24, 2.45) is 11.8 Å². The van der Waals surface area contributed by atoms with Crippen molar-refractivity contribution in [1.29, 1.82) is 0 Å². The molecule has 46 heavy (non-hydrogen) atoms. The number of aliphatic hydroxyl groups is 1. The van der Waals surface area contributed by atoms with Crippen LogP contribution < -0.4 is 0 Å². The smallest absolute Gasteiger partial charge is 0.306 e. The van der Waals surface area contributed by atoms with Crippen molar-refractivity contribution in [1.82, 2.24) is 0 Å². The van der Waals surface area contributed by atoms with E-state index >= 15 is 0 Å². The molecule has 274 valence electrons. The number of aliphatic hydroxyl groups excluding tert-OH is 1. The van der Waals surface area contributed by atoms with Gasteiger partial charge in [0.15, 0.2) is 6.10 Å². The molecule has 0 aromatic heterocycles. The lowest BCUT2D eigenvalue weighted by atomic mass is 9.99. The molecule has 0 saturated heterocycles. The Labute approximate surface area is 287 Å². The summed E-state index contributed by atoms with van der Waals surface area (Å²) in [5.74, 6) is 1.15. The molecule has 0 aromatic carbocycles. The van der Waals surface area contributed by atoms with Gasteiger partial charge in [-0.3, -0.25) is 9.59 Å². The van der Waals surface area contributed by atoms with E-state index in [-0.39, 0.29) is 25.2 Å². The SMILES string of the molecule is CCC(C)CCCCCCCCCCCCC(=O)O[C@@H](CO)COC(=O)CCCCCCCCCCCCCCCCCC(C)C. The summed E-state index contributed by atoms with van der Waals surface area (Å²) >= 11 is 0. The number of unbranched alkanes of at least 4 members (excludes halogenated alkanes) is 23. The summed E-state index contributed by atoms with van der Waals surface area (Å²) in [6.07, 6.45) is 35.9. The van der Waals surface area contributed by atoms with Gasteiger partial charge < -0.3 is 14.6 Å². The Balaban J connectivity index is 3.50. The minimum Gasteiger partial charge on any atom is -0.462 e. The predicted molar refractivity (Wildman–Crippen MR) is 196 cm³/mol. The first-order valence-corrected chi connectivity index (χ1v) is 20.3. The van der Waals surface area contributed by atoms with Crippen molar-refractivity contribution in [3.63, 3.8) is 0 Å². The van der Waals surface area contributed by atoms with Crippen molar-refractivity contribution in [2.75, 3.05) is 13.2 Å². The second-order valence-electron chi connectivity index (χ2n) is 14.8. The quantitative estimate of drug-likeness (QED) is 0.0538. The van der Waals surface area contributed by atoms with Gasteiger partial charge in [-0.2, -0.15) is 0 Å². The average molecular weight is 653 g/mol. The molecule has 5 nitrogen and oxygen atoms in total. The lowest BCUT2D eigenvalue weighted by molar-refractivity contribution is -0.161. The normalized spacial score (nSPS) is 12.8. The van der Waals surface area contributed by atoms with Gasteiger partial charge >= 0.3 is 11.9 Å². The van der Waals surface area contributed by atoms with E-state index in [1.54, 1.807) is 0 Å². The molecule has 1 unspecified atom stereocenters. The summed E-state index contributed by atoms with van der Waals surface area (Å²) in [6.45, 7) is 8.89. The molecular weight excluding hydrogens is 572 g/mol. The maximum atomic E-state index is 12.2. The summed E-state index contributed by atoms with van der Waals surface area (Å²) in [4.78, 5) is 24.3. The molecule has 0 aromatic rings. The zero-order valence-electron chi connectivity index (χ0n) is 31.4. The molecule has 0 radical (unpaired) electrons. The van der Waals surface area contributed by atoms with E-state index in [0.717, 1.165) is 43.9 Å². The fourth-order valence-electron chi connectivity index (χ4n) is 6.13. The van der Waals surface area contributed by atoms with Gasteiger partial charge in [0.1, 0.15) is 6.61 Å². The highest BCUT2D eigenvalue weighted by molar-refractivity contribution is 5.70. The maximum absolute atomic E-state index is 12.2. The van der Waals surface area contributed by atoms with Crippen LogP contribution in [-0.4, -0.2) is 36.4 Å². The largest absolute Gasteiger partial charge is 0.462 e. The molecule has 0 bridgehead atoms. The van der Waals surface area contributed by atoms with Gasteiger partial charge in [-0.15, -0.1) is 0 Å². The highest BCUT2D eigenvalue weighted by atomic mass is 16.6. The molecule has 0 aliphatic carbocycles. The summed E-state index contributed by atoms with van der Waals surface area (Å²) < 4.78 is 10.6. The molecule has 0 aliphatic rings. The minimum absolute atomic E-state index is 0.0585. The Bertz CT molecular complexity index is 649. The third-order valence-corrected chi connectivity index (χ3v) is 9.62. The molecule has 0 aliphatic heterocycles. The highest BCUT2D eigenvalue weighted by Gasteiger charge is 2.16. The van der Waals surface area contributed by atoms with Gasteiger partial charge in [0, 0.05) is 12.8 Å². The van der Waals surface area contributed by atoms with Crippen molar-refractivity contribution < 1.29 is 24.2 Å². The van der Waals surface area contributed by atoms with Crippen LogP contribution in [0, 0.1) is 11.8 Å². The van der Waals surface area contributed by atoms with E-state index < -0.39 is 6.10 Å². The highest BCUT2D eigenvalue weighted by Crippen LogP contribution is 2.17. The van der Waals surface area contributed by atoms with Crippen LogP contribution in [0.2, 0.25) is 0 Å². The standard InChI is InChI=1S/C41H80O5/c1-5-38(4)32-28-24-20-16-13-14-18-22-26-30-34-41(44)46-39(35-42)36-45-40(43)33-29-25-21-17-12-10-8-6-7-9-11-15-19-23-27-31-37(2)3/h37-39,42H,5-36H2,1-4H3/t38?,39-/m0/s1. The molecule has 0 heterocycles. The van der Waals surface area contributed by atoms with Crippen molar-refractivity contribution in [3.8, 4) is 0 Å². The Morgan fingerprint density at radius 3 is 1.22 bits per heavy atom. The Morgan fingerprint density at radius 1 is 0.500 bits per heavy atom. The van der Waals surface area contributed by atoms with Crippen LogP contribution in [0.3, 0.4) is 0 Å². The number of hydrogen-bond acceptors (Lipinski definition) is 5. The van der Waals surface area contributed by atoms with Crippen LogP contribution in [-0.2, 0) is 19.1 Å². The fraction of sp³-hybridized carbons (Fsp3) is 0.951. The Hall–Kier alpha value is -1.10. The zero-order chi connectivity index (χ0) is 33.9. The van der Waals surface area contributed by atoms with E-state index in [4.69, 9.17) is 9.47 Å². The fourth-order valence-corrected chi connectivity index (χ4v) is 6.13. The van der Waals surface area contributed by atoms with Crippen LogP contribution in [0.15, 0.2) is 0 Å². The molecule has 5 heteroatoms. The number of ether oxygens (including phenoxy) is 2. The minimum atomic E-state index is -0.763. The van der Waals surface area contributed by atoms with Crippen molar-refractivity contribution in [3.05, 3.63) is 0 Å². The third kappa shape index (κ3) is 34.2. The van der Waals surface area contributed by atoms with Crippen LogP contribution >= 0.6 is 0 Å². The van der Waals surface area contributed by atoms with Crippen molar-refractivity contribution in [2.45, 2.75) is 226 Å². The first kappa shape index (κ1) is 44.9. The third-order valence-electron chi connectivity index (χ3n) is 9.62. The molecule has 0 rings (SSSR count). The zero-order valence-corrected chi connectivity index (χ0v) is 31.4. The molecular formula is C41H80O5. The topological polar surface area (TPSA) is 72.8 Å². The molecule has 1 N–H and O–H groups in total. The summed E-state index contributed by atoms with van der Waals surface area (Å²) in [6, 6.07) is 0. The van der Waals surface area contributed by atoms with Crippen LogP contribution in [0.4, 0.5) is 0 Å². The summed E-state index contributed by atoms with van der Waals surface area (Å²) in [7, 11) is 0. The Morgan fingerprint density at radius 2 is 0.848 bits per heavy atom. The van der Waals surface area contributed by atoms with Crippen LogP contribution in [0.25, 0.3) is 0 Å². The number of rotatable bonds is 36. The van der Waals surface area contributed by atoms with Gasteiger partial charge in [-0.05, 0) is 24.7 Å². The molecule has 0 saturated carbocycles. The van der Waals surface area contributed by atoms with Crippen LogP contribution in [0.1, 0.15) is 220 Å². The van der Waals surface area contributed by atoms with E-state index in [9.17, 15) is 14.7 Å². The molecule has 2 atom stereocenters. The van der Waals surface area contributed by atoms with E-state index in [2.05, 4.69) is 27.7 Å². The molecule has 0 spiro atoms. The number of hydrogen-bond donors (Lipinski definition) is 1. The second kappa shape index (κ2) is 35.2. The maximum Gasteiger partial charge on any atom is 0.306 e. The summed E-state index contributed by atoms with van der Waals surface area (Å²) in [5, 5.41) is 9.55. The van der Waals surface area contributed by atoms with Gasteiger partial charge in [0.25, 0.3) is 0 Å². The van der Waals surface area contributed by atoms with Gasteiger partial charge in [0.05, 0.1) is 6.61 Å². The average Bonchev–Trinajstić information content (AvgIpc) is 3.04. The summed E-state index contributed by atoms with van der Waals surface area (Å²) in [5.41, 5.74) is 0. The van der Waals surface area contributed by atoms with Gasteiger partial charge in [-0.1, -0.05) is 195 Å². The first-order chi connectivity index (χ1) is 22.4. The van der Waals surface area contributed by atoms with Crippen molar-refractivity contribution >= 4 is 11.9 Å². The monoisotopic (exact) mass is 653 g/mol. The number of carbonyl (C=O) groups excluding carboxylic acids is 2. The number of carbonyl (C=O) groups is 2. The predicted octanol–water partition coefficient (Wildman–Crippen LogP) is 12.4.